The predicted octanol–water partition coefficient (Wildman–Crippen LogP) is 0.139. The minimum atomic E-state index is -1.59. The molecule has 5 nitrogen and oxygen atoms in total. The topological polar surface area (TPSA) is 64.4 Å². The SMILES string of the molecule is O=c1nc(F)c(F)cn1[C@@H]1O[C@H](CO)C[C@@H]1F. The Morgan fingerprint density at radius 2 is 2.29 bits per heavy atom. The number of nitrogens with zero attached hydrogens (tertiary/aromatic N) is 2. The molecule has 1 fully saturated rings. The van der Waals surface area contributed by atoms with Crippen LogP contribution in [-0.4, -0.2) is 33.5 Å². The van der Waals surface area contributed by atoms with Crippen molar-refractivity contribution in [3.05, 3.63) is 28.4 Å². The second-order valence-corrected chi connectivity index (χ2v) is 3.65. The van der Waals surface area contributed by atoms with Gasteiger partial charge in [0.1, 0.15) is 6.17 Å². The van der Waals surface area contributed by atoms with Gasteiger partial charge in [-0.1, -0.05) is 0 Å². The van der Waals surface area contributed by atoms with Crippen LogP contribution in [0.1, 0.15) is 12.6 Å². The molecule has 8 heteroatoms. The normalized spacial score (nSPS) is 28.6. The largest absolute Gasteiger partial charge is 0.394 e. The molecule has 0 radical (unpaired) electrons. The van der Waals surface area contributed by atoms with E-state index in [0.717, 1.165) is 0 Å². The van der Waals surface area contributed by atoms with E-state index >= 15 is 0 Å². The van der Waals surface area contributed by atoms with Gasteiger partial charge in [0.05, 0.1) is 18.9 Å². The summed E-state index contributed by atoms with van der Waals surface area (Å²) in [5.74, 6) is -2.91. The molecule has 0 aromatic carbocycles. The maximum atomic E-state index is 13.5. The molecule has 1 aliphatic rings. The fraction of sp³-hybridized carbons (Fsp3) is 0.556. The average Bonchev–Trinajstić information content (AvgIpc) is 2.65. The maximum absolute atomic E-state index is 13.5. The second kappa shape index (κ2) is 4.46. The van der Waals surface area contributed by atoms with Crippen LogP contribution in [0.15, 0.2) is 11.0 Å². The summed E-state index contributed by atoms with van der Waals surface area (Å²) >= 11 is 0. The fourth-order valence-corrected chi connectivity index (χ4v) is 1.67. The molecule has 2 rings (SSSR count). The molecule has 1 saturated heterocycles. The first kappa shape index (κ1) is 12.1. The van der Waals surface area contributed by atoms with Gasteiger partial charge in [-0.15, -0.1) is 0 Å². The van der Waals surface area contributed by atoms with Gasteiger partial charge >= 0.3 is 5.69 Å². The van der Waals surface area contributed by atoms with Gasteiger partial charge in [0.2, 0.25) is 0 Å². The molecule has 1 aromatic heterocycles. The summed E-state index contributed by atoms with van der Waals surface area (Å²) in [7, 11) is 0. The number of halogens is 3. The molecule has 0 spiro atoms. The first-order valence-corrected chi connectivity index (χ1v) is 4.87. The molecule has 3 atom stereocenters. The number of ether oxygens (including phenoxy) is 1. The summed E-state index contributed by atoms with van der Waals surface area (Å²) in [6, 6.07) is 0. The van der Waals surface area contributed by atoms with Gasteiger partial charge < -0.3 is 9.84 Å². The number of aliphatic hydroxyl groups excluding tert-OH is 1. The molecule has 0 saturated carbocycles. The molecule has 17 heavy (non-hydrogen) atoms. The average molecular weight is 250 g/mol. The number of hydrogen-bond acceptors (Lipinski definition) is 4. The molecule has 2 heterocycles. The highest BCUT2D eigenvalue weighted by Gasteiger charge is 2.37. The van der Waals surface area contributed by atoms with Gasteiger partial charge in [-0.3, -0.25) is 4.57 Å². The van der Waals surface area contributed by atoms with Crippen LogP contribution in [-0.2, 0) is 4.74 Å². The Bertz CT molecular complexity index is 479. The van der Waals surface area contributed by atoms with Crippen molar-refractivity contribution < 1.29 is 23.0 Å². The van der Waals surface area contributed by atoms with Gasteiger partial charge in [-0.05, 0) is 0 Å². The van der Waals surface area contributed by atoms with Gasteiger partial charge in [-0.2, -0.15) is 9.37 Å². The zero-order chi connectivity index (χ0) is 12.6. The Balaban J connectivity index is 2.35. The molecule has 1 N–H and O–H groups in total. The minimum Gasteiger partial charge on any atom is -0.394 e. The highest BCUT2D eigenvalue weighted by atomic mass is 19.2. The molecule has 0 bridgehead atoms. The highest BCUT2D eigenvalue weighted by Crippen LogP contribution is 2.30. The predicted molar refractivity (Wildman–Crippen MR) is 48.9 cm³/mol. The molecule has 0 aliphatic carbocycles. The summed E-state index contributed by atoms with van der Waals surface area (Å²) < 4.78 is 44.5. The van der Waals surface area contributed by atoms with E-state index in [0.29, 0.717) is 10.8 Å². The van der Waals surface area contributed by atoms with Crippen LogP contribution in [0.2, 0.25) is 0 Å². The Morgan fingerprint density at radius 3 is 2.88 bits per heavy atom. The smallest absolute Gasteiger partial charge is 0.352 e. The zero-order valence-corrected chi connectivity index (χ0v) is 8.52. The van der Waals surface area contributed by atoms with Crippen LogP contribution in [0.25, 0.3) is 0 Å². The van der Waals surface area contributed by atoms with Crippen LogP contribution < -0.4 is 5.69 Å². The van der Waals surface area contributed by atoms with Crippen LogP contribution in [0.4, 0.5) is 13.2 Å². The fourth-order valence-electron chi connectivity index (χ4n) is 1.67. The third-order valence-corrected chi connectivity index (χ3v) is 2.47. The van der Waals surface area contributed by atoms with E-state index in [4.69, 9.17) is 9.84 Å². The van der Waals surface area contributed by atoms with Crippen molar-refractivity contribution in [2.24, 2.45) is 0 Å². The second-order valence-electron chi connectivity index (χ2n) is 3.65. The molecule has 1 aliphatic heterocycles. The van der Waals surface area contributed by atoms with Crippen LogP contribution in [0.3, 0.4) is 0 Å². The van der Waals surface area contributed by atoms with Crippen molar-refractivity contribution in [2.45, 2.75) is 24.9 Å². The molecular formula is C9H9F3N2O3. The summed E-state index contributed by atoms with van der Waals surface area (Å²) in [6.45, 7) is -0.414. The van der Waals surface area contributed by atoms with Gasteiger partial charge in [0, 0.05) is 6.42 Å². The van der Waals surface area contributed by atoms with E-state index < -0.39 is 42.6 Å². The molecule has 0 amide bonds. The molecule has 0 unspecified atom stereocenters. The summed E-state index contributed by atoms with van der Waals surface area (Å²) in [5.41, 5.74) is -1.14. The van der Waals surface area contributed by atoms with Crippen LogP contribution in [0.5, 0.6) is 0 Å². The van der Waals surface area contributed by atoms with Gasteiger partial charge in [-0.25, -0.2) is 13.6 Å². The Morgan fingerprint density at radius 1 is 1.59 bits per heavy atom. The quantitative estimate of drug-likeness (QED) is 0.758. The van der Waals surface area contributed by atoms with Crippen molar-refractivity contribution in [3.63, 3.8) is 0 Å². The standard InChI is InChI=1S/C9H9F3N2O3/c10-5-1-4(3-15)17-8(5)14-2-6(11)7(12)13-9(14)16/h2,4-5,8,15H,1,3H2/t4-,5-,8+/m0/s1. The van der Waals surface area contributed by atoms with Crippen molar-refractivity contribution in [2.75, 3.05) is 6.61 Å². The van der Waals surface area contributed by atoms with E-state index in [-0.39, 0.29) is 6.42 Å². The monoisotopic (exact) mass is 250 g/mol. The highest BCUT2D eigenvalue weighted by molar-refractivity contribution is 4.93. The van der Waals surface area contributed by atoms with E-state index in [2.05, 4.69) is 4.98 Å². The van der Waals surface area contributed by atoms with E-state index in [1.165, 1.54) is 0 Å². The third-order valence-electron chi connectivity index (χ3n) is 2.47. The summed E-state index contributed by atoms with van der Waals surface area (Å²) in [6.07, 6.45) is -3.36. The van der Waals surface area contributed by atoms with Crippen LogP contribution >= 0.6 is 0 Å². The van der Waals surface area contributed by atoms with Gasteiger partial charge in [0.15, 0.2) is 12.0 Å². The maximum Gasteiger partial charge on any atom is 0.352 e. The van der Waals surface area contributed by atoms with E-state index in [9.17, 15) is 18.0 Å². The third kappa shape index (κ3) is 2.18. The number of aliphatic hydroxyl groups is 1. The lowest BCUT2D eigenvalue weighted by Gasteiger charge is -2.15. The lowest BCUT2D eigenvalue weighted by Crippen LogP contribution is -2.31. The Hall–Kier alpha value is -1.41. The molecule has 1 aromatic rings. The summed E-state index contributed by atoms with van der Waals surface area (Å²) in [4.78, 5) is 14.0. The number of rotatable bonds is 2. The van der Waals surface area contributed by atoms with Crippen molar-refractivity contribution in [3.8, 4) is 0 Å². The van der Waals surface area contributed by atoms with Crippen molar-refractivity contribution in [1.29, 1.82) is 0 Å². The minimum absolute atomic E-state index is 0.118. The van der Waals surface area contributed by atoms with Crippen molar-refractivity contribution in [1.82, 2.24) is 9.55 Å². The summed E-state index contributed by atoms with van der Waals surface area (Å²) in [5, 5.41) is 8.79. The lowest BCUT2D eigenvalue weighted by molar-refractivity contribution is -0.0401. The van der Waals surface area contributed by atoms with E-state index in [1.807, 2.05) is 0 Å². The lowest BCUT2D eigenvalue weighted by atomic mass is 10.2. The number of aromatic nitrogens is 2. The number of hydrogen-bond donors (Lipinski definition) is 1. The molecular weight excluding hydrogens is 241 g/mol. The molecule has 94 valence electrons. The van der Waals surface area contributed by atoms with E-state index in [1.54, 1.807) is 0 Å². The first-order valence-electron chi connectivity index (χ1n) is 4.87. The Kier molecular flexibility index (Phi) is 3.16. The number of alkyl halides is 1. The van der Waals surface area contributed by atoms with Crippen LogP contribution in [0, 0.1) is 11.8 Å². The first-order chi connectivity index (χ1) is 8.02. The Labute approximate surface area is 93.5 Å². The van der Waals surface area contributed by atoms with Gasteiger partial charge in [0.25, 0.3) is 5.95 Å². The van der Waals surface area contributed by atoms with Crippen molar-refractivity contribution >= 4 is 0 Å². The zero-order valence-electron chi connectivity index (χ0n) is 8.52.